The van der Waals surface area contributed by atoms with Gasteiger partial charge < -0.3 is 9.84 Å². The Balaban J connectivity index is 3.18. The maximum atomic E-state index is 9.56. The van der Waals surface area contributed by atoms with E-state index in [1.807, 2.05) is 19.9 Å². The molecule has 0 spiro atoms. The Morgan fingerprint density at radius 2 is 2.07 bits per heavy atom. The Labute approximate surface area is 85.5 Å². The zero-order valence-electron chi connectivity index (χ0n) is 8.92. The molecule has 2 nitrogen and oxygen atoms in total. The molecule has 0 aromatic heterocycles. The van der Waals surface area contributed by atoms with E-state index in [-0.39, 0.29) is 5.75 Å². The molecular weight excluding hydrogens is 176 g/mol. The highest BCUT2D eigenvalue weighted by molar-refractivity contribution is 5.52. The molecule has 1 rings (SSSR count). The van der Waals surface area contributed by atoms with Crippen molar-refractivity contribution in [1.82, 2.24) is 0 Å². The molecule has 0 saturated carbocycles. The zero-order chi connectivity index (χ0) is 10.6. The van der Waals surface area contributed by atoms with E-state index in [1.54, 1.807) is 13.2 Å². The molecular formula is C12H16O2. The summed E-state index contributed by atoms with van der Waals surface area (Å²) < 4.78 is 5.16. The lowest BCUT2D eigenvalue weighted by molar-refractivity contribution is 0.369. The number of ether oxygens (including phenoxy) is 1. The Morgan fingerprint density at radius 3 is 2.57 bits per heavy atom. The second-order valence-corrected chi connectivity index (χ2v) is 3.03. The highest BCUT2D eigenvalue weighted by atomic mass is 16.5. The predicted octanol–water partition coefficient (Wildman–Crippen LogP) is 2.80. The standard InChI is InChI=1S/C12H16O2/c1-4-6-9-7-8-11(13)12(14-3)10(9)5-2/h7-8,13H,4-5H2,1-3H3. The van der Waals surface area contributed by atoms with Crippen molar-refractivity contribution in [2.24, 2.45) is 0 Å². The van der Waals surface area contributed by atoms with E-state index >= 15 is 0 Å². The van der Waals surface area contributed by atoms with Gasteiger partial charge in [-0.2, -0.15) is 0 Å². The summed E-state index contributed by atoms with van der Waals surface area (Å²) in [6.45, 7) is 4.08. The molecule has 0 amide bonds. The molecule has 1 N–H and O–H groups in total. The van der Waals surface area contributed by atoms with Crippen LogP contribution in [0.25, 0.3) is 0 Å². The van der Waals surface area contributed by atoms with Gasteiger partial charge in [0.15, 0.2) is 11.5 Å². The molecule has 0 saturated heterocycles. The average Bonchev–Trinajstić information content (AvgIpc) is 2.20. The van der Waals surface area contributed by atoms with Crippen molar-refractivity contribution in [2.75, 3.05) is 7.11 Å². The maximum Gasteiger partial charge on any atom is 0.163 e. The van der Waals surface area contributed by atoms with Crippen molar-refractivity contribution in [3.05, 3.63) is 29.7 Å². The lowest BCUT2D eigenvalue weighted by atomic mass is 10.00. The van der Waals surface area contributed by atoms with Crippen molar-refractivity contribution in [2.45, 2.75) is 26.7 Å². The molecule has 0 aliphatic carbocycles. The molecule has 76 valence electrons. The van der Waals surface area contributed by atoms with Crippen LogP contribution in [-0.2, 0) is 6.42 Å². The first kappa shape index (κ1) is 10.9. The number of methoxy groups -OCH3 is 1. The van der Waals surface area contributed by atoms with Crippen LogP contribution < -0.4 is 4.74 Å². The van der Waals surface area contributed by atoms with Crippen LogP contribution in [0.3, 0.4) is 0 Å². The van der Waals surface area contributed by atoms with Crippen LogP contribution >= 0.6 is 0 Å². The van der Waals surface area contributed by atoms with Gasteiger partial charge in [-0.3, -0.25) is 0 Å². The highest BCUT2D eigenvalue weighted by Crippen LogP contribution is 2.33. The number of rotatable bonds is 4. The second-order valence-electron chi connectivity index (χ2n) is 3.03. The van der Waals surface area contributed by atoms with Crippen LogP contribution in [0.1, 0.15) is 31.4 Å². The third-order valence-corrected chi connectivity index (χ3v) is 2.16. The Morgan fingerprint density at radius 1 is 1.36 bits per heavy atom. The third kappa shape index (κ3) is 2.00. The number of benzene rings is 1. The minimum absolute atomic E-state index is 0.200. The molecule has 0 unspecified atom stereocenters. The molecule has 0 heterocycles. The summed E-state index contributed by atoms with van der Waals surface area (Å²) in [5.41, 5.74) is 2.05. The maximum absolute atomic E-state index is 9.56. The van der Waals surface area contributed by atoms with Crippen LogP contribution in [0, 0.1) is 6.42 Å². The summed E-state index contributed by atoms with van der Waals surface area (Å²) >= 11 is 0. The van der Waals surface area contributed by atoms with Gasteiger partial charge in [0, 0.05) is 12.0 Å². The van der Waals surface area contributed by atoms with Crippen molar-refractivity contribution < 1.29 is 9.84 Å². The summed E-state index contributed by atoms with van der Waals surface area (Å²) in [5, 5.41) is 9.56. The monoisotopic (exact) mass is 192 g/mol. The quantitative estimate of drug-likeness (QED) is 0.794. The van der Waals surface area contributed by atoms with E-state index in [9.17, 15) is 5.11 Å². The van der Waals surface area contributed by atoms with Gasteiger partial charge in [-0.1, -0.05) is 19.9 Å². The molecule has 14 heavy (non-hydrogen) atoms. The van der Waals surface area contributed by atoms with Crippen LogP contribution in [0.5, 0.6) is 11.5 Å². The van der Waals surface area contributed by atoms with Crippen LogP contribution in [0.15, 0.2) is 12.1 Å². The Hall–Kier alpha value is -1.18. The highest BCUT2D eigenvalue weighted by Gasteiger charge is 2.11. The number of phenols is 1. The van der Waals surface area contributed by atoms with Crippen LogP contribution in [-0.4, -0.2) is 12.2 Å². The lowest BCUT2D eigenvalue weighted by Crippen LogP contribution is -1.96. The van der Waals surface area contributed by atoms with E-state index in [4.69, 9.17) is 4.74 Å². The third-order valence-electron chi connectivity index (χ3n) is 2.16. The van der Waals surface area contributed by atoms with Crippen molar-refractivity contribution in [3.63, 3.8) is 0 Å². The first-order valence-corrected chi connectivity index (χ1v) is 4.87. The predicted molar refractivity (Wildman–Crippen MR) is 56.7 cm³/mol. The minimum atomic E-state index is 0.200. The van der Waals surface area contributed by atoms with E-state index in [1.165, 1.54) is 0 Å². The van der Waals surface area contributed by atoms with E-state index in [0.717, 1.165) is 24.0 Å². The second kappa shape index (κ2) is 4.89. The zero-order valence-corrected chi connectivity index (χ0v) is 8.92. The summed E-state index contributed by atoms with van der Waals surface area (Å²) in [6, 6.07) is 3.52. The summed E-state index contributed by atoms with van der Waals surface area (Å²) in [5.74, 6) is 0.775. The molecule has 0 bridgehead atoms. The Bertz CT molecular complexity index is 305. The summed E-state index contributed by atoms with van der Waals surface area (Å²) in [4.78, 5) is 0. The fourth-order valence-corrected chi connectivity index (χ4v) is 1.55. The molecule has 2 radical (unpaired) electrons. The Kier molecular flexibility index (Phi) is 3.81. The number of hydrogen-bond acceptors (Lipinski definition) is 2. The fraction of sp³-hybridized carbons (Fsp3) is 0.417. The first-order valence-electron chi connectivity index (χ1n) is 4.87. The van der Waals surface area contributed by atoms with Gasteiger partial charge in [0.1, 0.15) is 0 Å². The van der Waals surface area contributed by atoms with Gasteiger partial charge in [-0.25, -0.2) is 0 Å². The van der Waals surface area contributed by atoms with Crippen LogP contribution in [0.4, 0.5) is 0 Å². The summed E-state index contributed by atoms with van der Waals surface area (Å²) in [7, 11) is 1.57. The van der Waals surface area contributed by atoms with E-state index in [0.29, 0.717) is 5.75 Å². The van der Waals surface area contributed by atoms with E-state index < -0.39 is 0 Å². The van der Waals surface area contributed by atoms with E-state index in [2.05, 4.69) is 6.42 Å². The normalized spacial score (nSPS) is 10.2. The molecule has 0 aliphatic heterocycles. The smallest absolute Gasteiger partial charge is 0.163 e. The van der Waals surface area contributed by atoms with Gasteiger partial charge in [0.2, 0.25) is 0 Å². The minimum Gasteiger partial charge on any atom is -0.504 e. The largest absolute Gasteiger partial charge is 0.504 e. The van der Waals surface area contributed by atoms with Gasteiger partial charge in [0.05, 0.1) is 7.11 Å². The fourth-order valence-electron chi connectivity index (χ4n) is 1.55. The number of hydrogen-bond donors (Lipinski definition) is 1. The van der Waals surface area contributed by atoms with Gasteiger partial charge in [-0.05, 0) is 24.5 Å². The SMILES string of the molecule is CC[C]c1ccc(O)c(OC)c1CC. The number of aromatic hydroxyl groups is 1. The average molecular weight is 192 g/mol. The molecule has 0 fully saturated rings. The van der Waals surface area contributed by atoms with Crippen molar-refractivity contribution in [1.29, 1.82) is 0 Å². The molecule has 0 atom stereocenters. The van der Waals surface area contributed by atoms with Crippen LogP contribution in [0.2, 0.25) is 0 Å². The summed E-state index contributed by atoms with van der Waals surface area (Å²) in [6.07, 6.45) is 4.93. The first-order chi connectivity index (χ1) is 6.74. The molecule has 2 heteroatoms. The number of phenolic OH excluding ortho intramolecular Hbond substituents is 1. The van der Waals surface area contributed by atoms with Gasteiger partial charge >= 0.3 is 0 Å². The van der Waals surface area contributed by atoms with Crippen molar-refractivity contribution in [3.8, 4) is 11.5 Å². The van der Waals surface area contributed by atoms with Crippen molar-refractivity contribution >= 4 is 0 Å². The molecule has 1 aromatic rings. The molecule has 0 aliphatic rings. The van der Waals surface area contributed by atoms with Gasteiger partial charge in [-0.15, -0.1) is 0 Å². The molecule has 1 aromatic carbocycles. The topological polar surface area (TPSA) is 29.5 Å². The lowest BCUT2D eigenvalue weighted by Gasteiger charge is -2.12. The van der Waals surface area contributed by atoms with Gasteiger partial charge in [0.25, 0.3) is 0 Å².